The standard InChI is InChI=1S/C21H23N5O4S/c1-24-10-12-26(13-11-24)31(29,30)17-8-6-16(7-9-17)23-20(27)14-25-15-22-19-5-3-2-4-18(19)21(25)28/h2-9,15H,10-14H2,1H3,(H,23,27). The molecule has 0 aliphatic carbocycles. The van der Waals surface area contributed by atoms with Gasteiger partial charge in [-0.3, -0.25) is 14.2 Å². The van der Waals surface area contributed by atoms with Gasteiger partial charge in [0.15, 0.2) is 0 Å². The Morgan fingerprint density at radius 1 is 1.03 bits per heavy atom. The Labute approximate surface area is 180 Å². The Morgan fingerprint density at radius 3 is 2.42 bits per heavy atom. The Kier molecular flexibility index (Phi) is 5.86. The summed E-state index contributed by atoms with van der Waals surface area (Å²) in [7, 11) is -1.60. The summed E-state index contributed by atoms with van der Waals surface area (Å²) in [4.78, 5) is 31.4. The number of aromatic nitrogens is 2. The van der Waals surface area contributed by atoms with Crippen molar-refractivity contribution in [2.75, 3.05) is 38.5 Å². The summed E-state index contributed by atoms with van der Waals surface area (Å²) >= 11 is 0. The lowest BCUT2D eigenvalue weighted by atomic mass is 10.2. The van der Waals surface area contributed by atoms with Crippen molar-refractivity contribution in [1.29, 1.82) is 0 Å². The molecule has 0 atom stereocenters. The lowest BCUT2D eigenvalue weighted by Crippen LogP contribution is -2.46. The molecular formula is C21H23N5O4S. The predicted molar refractivity (Wildman–Crippen MR) is 117 cm³/mol. The van der Waals surface area contributed by atoms with Crippen LogP contribution in [0, 0.1) is 0 Å². The average molecular weight is 442 g/mol. The Balaban J connectivity index is 1.44. The fourth-order valence-electron chi connectivity index (χ4n) is 3.46. The zero-order chi connectivity index (χ0) is 22.0. The van der Waals surface area contributed by atoms with E-state index in [1.165, 1.54) is 27.3 Å². The van der Waals surface area contributed by atoms with E-state index in [0.717, 1.165) is 0 Å². The van der Waals surface area contributed by atoms with Gasteiger partial charge in [0.1, 0.15) is 6.54 Å². The molecule has 2 heterocycles. The lowest BCUT2D eigenvalue weighted by molar-refractivity contribution is -0.116. The van der Waals surface area contributed by atoms with Gasteiger partial charge in [-0.25, -0.2) is 13.4 Å². The van der Waals surface area contributed by atoms with Crippen LogP contribution < -0.4 is 10.9 Å². The van der Waals surface area contributed by atoms with Gasteiger partial charge in [-0.2, -0.15) is 4.31 Å². The van der Waals surface area contributed by atoms with Crippen molar-refractivity contribution < 1.29 is 13.2 Å². The molecule has 4 rings (SSSR count). The number of hydrogen-bond donors (Lipinski definition) is 1. The Hall–Kier alpha value is -3.08. The maximum Gasteiger partial charge on any atom is 0.261 e. The van der Waals surface area contributed by atoms with E-state index in [2.05, 4.69) is 15.2 Å². The molecule has 2 aromatic carbocycles. The van der Waals surface area contributed by atoms with Gasteiger partial charge in [0.25, 0.3) is 5.56 Å². The van der Waals surface area contributed by atoms with Gasteiger partial charge in [-0.1, -0.05) is 12.1 Å². The second-order valence-electron chi connectivity index (χ2n) is 7.47. The van der Waals surface area contributed by atoms with Crippen LogP contribution in [0.4, 0.5) is 5.69 Å². The van der Waals surface area contributed by atoms with Crippen molar-refractivity contribution in [2.45, 2.75) is 11.4 Å². The molecule has 0 spiro atoms. The molecule has 1 fully saturated rings. The highest BCUT2D eigenvalue weighted by molar-refractivity contribution is 7.89. The number of nitrogens with one attached hydrogen (secondary N) is 1. The minimum absolute atomic E-state index is 0.185. The molecule has 0 unspecified atom stereocenters. The van der Waals surface area contributed by atoms with Gasteiger partial charge < -0.3 is 10.2 Å². The van der Waals surface area contributed by atoms with E-state index < -0.39 is 15.9 Å². The number of para-hydroxylation sites is 1. The first-order chi connectivity index (χ1) is 14.8. The van der Waals surface area contributed by atoms with Crippen molar-refractivity contribution in [3.05, 3.63) is 65.2 Å². The van der Waals surface area contributed by atoms with Gasteiger partial charge in [-0.15, -0.1) is 0 Å². The number of hydrogen-bond acceptors (Lipinski definition) is 6. The van der Waals surface area contributed by atoms with E-state index in [0.29, 0.717) is 42.8 Å². The molecule has 0 bridgehead atoms. The fourth-order valence-corrected chi connectivity index (χ4v) is 4.88. The van der Waals surface area contributed by atoms with Crippen LogP contribution in [-0.2, 0) is 21.4 Å². The first-order valence-corrected chi connectivity index (χ1v) is 11.3. The first kappa shape index (κ1) is 21.2. The van der Waals surface area contributed by atoms with Crippen LogP contribution in [0.25, 0.3) is 10.9 Å². The molecule has 162 valence electrons. The minimum Gasteiger partial charge on any atom is -0.325 e. The molecule has 1 aliphatic rings. The van der Waals surface area contributed by atoms with Gasteiger partial charge >= 0.3 is 0 Å². The summed E-state index contributed by atoms with van der Waals surface area (Å²) in [6.45, 7) is 2.09. The van der Waals surface area contributed by atoms with Crippen molar-refractivity contribution in [3.8, 4) is 0 Å². The van der Waals surface area contributed by atoms with Crippen LogP contribution in [0.1, 0.15) is 0 Å². The first-order valence-electron chi connectivity index (χ1n) is 9.87. The molecule has 1 aliphatic heterocycles. The molecule has 31 heavy (non-hydrogen) atoms. The molecular weight excluding hydrogens is 418 g/mol. The van der Waals surface area contributed by atoms with E-state index in [4.69, 9.17) is 0 Å². The Bertz CT molecular complexity index is 1260. The predicted octanol–water partition coefficient (Wildman–Crippen LogP) is 0.971. The summed E-state index contributed by atoms with van der Waals surface area (Å²) in [5.41, 5.74) is 0.722. The SMILES string of the molecule is CN1CCN(S(=O)(=O)c2ccc(NC(=O)Cn3cnc4ccccc4c3=O)cc2)CC1. The molecule has 3 aromatic rings. The van der Waals surface area contributed by atoms with E-state index in [1.54, 1.807) is 36.4 Å². The quantitative estimate of drug-likeness (QED) is 0.633. The normalized spacial score (nSPS) is 15.8. The van der Waals surface area contributed by atoms with Crippen molar-refractivity contribution in [3.63, 3.8) is 0 Å². The monoisotopic (exact) mass is 441 g/mol. The Morgan fingerprint density at radius 2 is 1.71 bits per heavy atom. The summed E-state index contributed by atoms with van der Waals surface area (Å²) in [5.74, 6) is -0.408. The summed E-state index contributed by atoms with van der Waals surface area (Å²) < 4.78 is 28.3. The van der Waals surface area contributed by atoms with Crippen molar-refractivity contribution in [1.82, 2.24) is 18.8 Å². The number of piperazine rings is 1. The molecule has 1 saturated heterocycles. The van der Waals surface area contributed by atoms with E-state index in [-0.39, 0.29) is 17.0 Å². The molecule has 1 amide bonds. The summed E-state index contributed by atoms with van der Waals surface area (Å²) in [5, 5.41) is 3.13. The molecule has 10 heteroatoms. The van der Waals surface area contributed by atoms with Crippen LogP contribution >= 0.6 is 0 Å². The van der Waals surface area contributed by atoms with Crippen molar-refractivity contribution >= 4 is 32.5 Å². The van der Waals surface area contributed by atoms with Gasteiger partial charge in [0.2, 0.25) is 15.9 Å². The van der Waals surface area contributed by atoms with Gasteiger partial charge in [0.05, 0.1) is 22.1 Å². The van der Waals surface area contributed by atoms with Crippen LogP contribution in [-0.4, -0.2) is 66.3 Å². The lowest BCUT2D eigenvalue weighted by Gasteiger charge is -2.31. The highest BCUT2D eigenvalue weighted by Crippen LogP contribution is 2.19. The number of carbonyl (C=O) groups is 1. The third-order valence-corrected chi connectivity index (χ3v) is 7.20. The van der Waals surface area contributed by atoms with Crippen molar-refractivity contribution in [2.24, 2.45) is 0 Å². The van der Waals surface area contributed by atoms with E-state index in [9.17, 15) is 18.0 Å². The van der Waals surface area contributed by atoms with E-state index in [1.807, 2.05) is 7.05 Å². The van der Waals surface area contributed by atoms with Crippen LogP contribution in [0.5, 0.6) is 0 Å². The second-order valence-corrected chi connectivity index (χ2v) is 9.41. The highest BCUT2D eigenvalue weighted by atomic mass is 32.2. The van der Waals surface area contributed by atoms with Gasteiger partial charge in [0, 0.05) is 31.9 Å². The number of rotatable bonds is 5. The molecule has 1 aromatic heterocycles. The number of fused-ring (bicyclic) bond motifs is 1. The third-order valence-electron chi connectivity index (χ3n) is 5.28. The highest BCUT2D eigenvalue weighted by Gasteiger charge is 2.27. The van der Waals surface area contributed by atoms with Crippen LogP contribution in [0.3, 0.4) is 0 Å². The zero-order valence-corrected chi connectivity index (χ0v) is 17.9. The number of anilines is 1. The van der Waals surface area contributed by atoms with E-state index >= 15 is 0 Å². The number of sulfonamides is 1. The summed E-state index contributed by atoms with van der Waals surface area (Å²) in [6.07, 6.45) is 1.34. The van der Waals surface area contributed by atoms with Crippen LogP contribution in [0.2, 0.25) is 0 Å². The number of nitrogens with zero attached hydrogens (tertiary/aromatic N) is 4. The maximum absolute atomic E-state index is 12.8. The number of benzene rings is 2. The number of amides is 1. The fraction of sp³-hybridized carbons (Fsp3) is 0.286. The molecule has 0 saturated carbocycles. The number of carbonyl (C=O) groups excluding carboxylic acids is 1. The molecule has 1 N–H and O–H groups in total. The third kappa shape index (κ3) is 4.50. The second kappa shape index (κ2) is 8.58. The molecule has 9 nitrogen and oxygen atoms in total. The number of likely N-dealkylation sites (N-methyl/N-ethyl adjacent to an activating group) is 1. The van der Waals surface area contributed by atoms with Gasteiger partial charge in [-0.05, 0) is 43.4 Å². The smallest absolute Gasteiger partial charge is 0.261 e. The topological polar surface area (TPSA) is 105 Å². The minimum atomic E-state index is -3.57. The molecule has 0 radical (unpaired) electrons. The van der Waals surface area contributed by atoms with Crippen LogP contribution in [0.15, 0.2) is 64.5 Å². The largest absolute Gasteiger partial charge is 0.325 e. The average Bonchev–Trinajstić information content (AvgIpc) is 2.76. The zero-order valence-electron chi connectivity index (χ0n) is 17.1. The summed E-state index contributed by atoms with van der Waals surface area (Å²) in [6, 6.07) is 13.0. The maximum atomic E-state index is 12.8.